The highest BCUT2D eigenvalue weighted by molar-refractivity contribution is 6.23. The minimum atomic E-state index is -0.846. The first-order chi connectivity index (χ1) is 24.5. The van der Waals surface area contributed by atoms with Crippen molar-refractivity contribution in [1.29, 1.82) is 0 Å². The molecule has 2 aliphatic rings. The number of aromatic hydroxyl groups is 1. The Morgan fingerprint density at radius 2 is 1.78 bits per heavy atom. The molecule has 1 saturated carbocycles. The Bertz CT molecular complexity index is 2140. The lowest BCUT2D eigenvalue weighted by Crippen LogP contribution is -2.43. The van der Waals surface area contributed by atoms with Crippen LogP contribution < -0.4 is 10.2 Å². The number of anilines is 2. The normalized spacial score (nSPS) is 19.1. The van der Waals surface area contributed by atoms with Crippen molar-refractivity contribution < 1.29 is 23.9 Å². The van der Waals surface area contributed by atoms with Crippen LogP contribution in [-0.4, -0.2) is 62.1 Å². The van der Waals surface area contributed by atoms with Crippen LogP contribution in [0.2, 0.25) is 0 Å². The van der Waals surface area contributed by atoms with E-state index in [1.54, 1.807) is 17.2 Å². The Morgan fingerprint density at radius 1 is 0.980 bits per heavy atom. The molecule has 2 amide bonds. The van der Waals surface area contributed by atoms with Crippen molar-refractivity contribution in [3.05, 3.63) is 107 Å². The highest BCUT2D eigenvalue weighted by atomic mass is 19.1. The molecular weight excluding hydrogens is 647 g/mol. The molecule has 1 fully saturated rings. The zero-order valence-corrected chi connectivity index (χ0v) is 29.0. The standard InChI is InChI=1S/C40H41FN6O4/c1-24-17-33-37(49)32(15-9-25-7-12-29(13-8-25)43-39(50)34-23-46-22-28(41)11-16-36(46)44-34)40(51)47(38(33)42-20-24)30-6-4-5-27(19-30)31-14-10-26(18-35(31)48)21-45(2)3/h4-6,10-11,14,16-20,22-23,25,29,32,48H,7-9,12-13,15,21H2,1-3H3,(H,43,50). The predicted molar refractivity (Wildman–Crippen MR) is 192 cm³/mol. The number of imidazole rings is 1. The molecule has 0 spiro atoms. The number of ketones is 1. The van der Waals surface area contributed by atoms with Crippen LogP contribution in [0.5, 0.6) is 5.75 Å². The summed E-state index contributed by atoms with van der Waals surface area (Å²) in [4.78, 5) is 53.5. The topological polar surface area (TPSA) is 120 Å². The van der Waals surface area contributed by atoms with Crippen molar-refractivity contribution in [2.24, 2.45) is 11.8 Å². The summed E-state index contributed by atoms with van der Waals surface area (Å²) in [6, 6.07) is 17.7. The molecule has 1 aliphatic carbocycles. The molecule has 0 saturated heterocycles. The van der Waals surface area contributed by atoms with E-state index in [0.717, 1.165) is 42.4 Å². The Labute approximate surface area is 296 Å². The van der Waals surface area contributed by atoms with E-state index in [9.17, 15) is 23.9 Å². The van der Waals surface area contributed by atoms with E-state index in [1.165, 1.54) is 28.9 Å². The SMILES string of the molecule is Cc1cnc2c(c1)C(=O)C(CCC1CCC(NC(=O)c3cn4cc(F)ccc4n3)CC1)C(=O)N2c1cccc(-c2ccc(CN(C)C)cc2O)c1. The second-order valence-electron chi connectivity index (χ2n) is 14.1. The van der Waals surface area contributed by atoms with Crippen molar-refractivity contribution in [3.63, 3.8) is 0 Å². The fraction of sp³-hybridized carbons (Fsp3) is 0.325. The summed E-state index contributed by atoms with van der Waals surface area (Å²) in [6.07, 6.45) is 8.87. The second kappa shape index (κ2) is 14.1. The highest BCUT2D eigenvalue weighted by Gasteiger charge is 2.41. The molecule has 3 aromatic heterocycles. The number of rotatable bonds is 9. The van der Waals surface area contributed by atoms with Gasteiger partial charge in [-0.2, -0.15) is 0 Å². The lowest BCUT2D eigenvalue weighted by molar-refractivity contribution is -0.120. The molecule has 0 bridgehead atoms. The highest BCUT2D eigenvalue weighted by Crippen LogP contribution is 2.40. The van der Waals surface area contributed by atoms with Gasteiger partial charge in [-0.15, -0.1) is 0 Å². The van der Waals surface area contributed by atoms with Gasteiger partial charge in [-0.25, -0.2) is 14.4 Å². The fourth-order valence-electron chi connectivity index (χ4n) is 7.41. The van der Waals surface area contributed by atoms with Crippen molar-refractivity contribution in [2.45, 2.75) is 58.0 Å². The molecule has 1 atom stereocenters. The van der Waals surface area contributed by atoms with E-state index >= 15 is 0 Å². The number of aryl methyl sites for hydroxylation is 1. The van der Waals surface area contributed by atoms with E-state index in [2.05, 4.69) is 15.3 Å². The molecule has 11 heteroatoms. The van der Waals surface area contributed by atoms with E-state index in [0.29, 0.717) is 53.6 Å². The van der Waals surface area contributed by atoms with E-state index < -0.39 is 11.7 Å². The number of Topliss-reactive ketones (excluding diaryl/α,β-unsaturated/α-hetero) is 1. The van der Waals surface area contributed by atoms with Gasteiger partial charge in [0, 0.05) is 36.7 Å². The van der Waals surface area contributed by atoms with Crippen molar-refractivity contribution in [2.75, 3.05) is 19.0 Å². The Morgan fingerprint density at radius 3 is 2.55 bits per heavy atom. The maximum absolute atomic E-state index is 14.2. The van der Waals surface area contributed by atoms with Gasteiger partial charge in [0.25, 0.3) is 5.91 Å². The molecule has 5 aromatic rings. The van der Waals surface area contributed by atoms with Gasteiger partial charge in [0.15, 0.2) is 11.6 Å². The fourth-order valence-corrected chi connectivity index (χ4v) is 7.41. The molecule has 1 aliphatic heterocycles. The summed E-state index contributed by atoms with van der Waals surface area (Å²) in [5, 5.41) is 14.0. The van der Waals surface area contributed by atoms with E-state index in [1.807, 2.05) is 68.4 Å². The maximum atomic E-state index is 14.2. The maximum Gasteiger partial charge on any atom is 0.271 e. The molecule has 1 unspecified atom stereocenters. The monoisotopic (exact) mass is 688 g/mol. The zero-order valence-electron chi connectivity index (χ0n) is 29.0. The summed E-state index contributed by atoms with van der Waals surface area (Å²) in [5.41, 5.74) is 4.97. The van der Waals surface area contributed by atoms with Crippen LogP contribution in [0, 0.1) is 24.6 Å². The molecular formula is C40H41FN6O4. The lowest BCUT2D eigenvalue weighted by atomic mass is 9.79. The number of phenolic OH excluding ortho intramolecular Hbond substituents is 1. The van der Waals surface area contributed by atoms with Gasteiger partial charge in [0.05, 0.1) is 11.3 Å². The Balaban J connectivity index is 1.04. The first-order valence-corrected chi connectivity index (χ1v) is 17.4. The minimum Gasteiger partial charge on any atom is -0.507 e. The number of aromatic nitrogens is 3. The van der Waals surface area contributed by atoms with Gasteiger partial charge in [-0.05, 0) is 119 Å². The molecule has 2 aromatic carbocycles. The number of amides is 2. The molecule has 7 rings (SSSR count). The summed E-state index contributed by atoms with van der Waals surface area (Å²) >= 11 is 0. The minimum absolute atomic E-state index is 0.0134. The summed E-state index contributed by atoms with van der Waals surface area (Å²) < 4.78 is 15.1. The van der Waals surface area contributed by atoms with E-state index in [4.69, 9.17) is 0 Å². The van der Waals surface area contributed by atoms with Crippen LogP contribution in [0.4, 0.5) is 15.9 Å². The molecule has 262 valence electrons. The smallest absolute Gasteiger partial charge is 0.271 e. The van der Waals surface area contributed by atoms with Crippen LogP contribution in [0.15, 0.2) is 79.3 Å². The third-order valence-electron chi connectivity index (χ3n) is 9.99. The van der Waals surface area contributed by atoms with Gasteiger partial charge >= 0.3 is 0 Å². The van der Waals surface area contributed by atoms with Crippen molar-refractivity contribution in [1.82, 2.24) is 24.6 Å². The van der Waals surface area contributed by atoms with Gasteiger partial charge < -0.3 is 19.7 Å². The lowest BCUT2D eigenvalue weighted by Gasteiger charge is -2.34. The average Bonchev–Trinajstić information content (AvgIpc) is 3.53. The number of hydrogen-bond acceptors (Lipinski definition) is 7. The van der Waals surface area contributed by atoms with Crippen LogP contribution >= 0.6 is 0 Å². The number of pyridine rings is 2. The molecule has 51 heavy (non-hydrogen) atoms. The van der Waals surface area contributed by atoms with Crippen LogP contribution in [0.3, 0.4) is 0 Å². The number of carbonyl (C=O) groups is 3. The van der Waals surface area contributed by atoms with Gasteiger partial charge in [0.2, 0.25) is 5.91 Å². The van der Waals surface area contributed by atoms with Crippen LogP contribution in [0.25, 0.3) is 16.8 Å². The number of benzene rings is 2. The number of fused-ring (bicyclic) bond motifs is 2. The second-order valence-corrected chi connectivity index (χ2v) is 14.1. The average molecular weight is 689 g/mol. The zero-order chi connectivity index (χ0) is 35.8. The van der Waals surface area contributed by atoms with Gasteiger partial charge in [0.1, 0.15) is 28.8 Å². The molecule has 4 heterocycles. The molecule has 0 radical (unpaired) electrons. The van der Waals surface area contributed by atoms with E-state index in [-0.39, 0.29) is 35.1 Å². The number of nitrogens with one attached hydrogen (secondary N) is 1. The predicted octanol–water partition coefficient (Wildman–Crippen LogP) is 6.86. The van der Waals surface area contributed by atoms with Crippen LogP contribution in [-0.2, 0) is 11.3 Å². The Hall–Kier alpha value is -5.42. The first-order valence-electron chi connectivity index (χ1n) is 17.4. The third kappa shape index (κ3) is 7.12. The number of nitrogens with zero attached hydrogens (tertiary/aromatic N) is 5. The number of halogens is 1. The van der Waals surface area contributed by atoms with Gasteiger partial charge in [-0.1, -0.05) is 24.3 Å². The molecule has 10 nitrogen and oxygen atoms in total. The number of carbonyl (C=O) groups excluding carboxylic acids is 3. The molecule has 2 N–H and O–H groups in total. The third-order valence-corrected chi connectivity index (χ3v) is 9.99. The number of phenols is 1. The number of hydrogen-bond donors (Lipinski definition) is 2. The summed E-state index contributed by atoms with van der Waals surface area (Å²) in [7, 11) is 3.94. The summed E-state index contributed by atoms with van der Waals surface area (Å²) in [5.74, 6) is -1.27. The largest absolute Gasteiger partial charge is 0.507 e. The van der Waals surface area contributed by atoms with Crippen molar-refractivity contribution in [3.8, 4) is 16.9 Å². The summed E-state index contributed by atoms with van der Waals surface area (Å²) in [6.45, 7) is 2.57. The van der Waals surface area contributed by atoms with Crippen molar-refractivity contribution >= 4 is 34.8 Å². The van der Waals surface area contributed by atoms with Gasteiger partial charge in [-0.3, -0.25) is 19.3 Å². The van der Waals surface area contributed by atoms with Crippen LogP contribution in [0.1, 0.15) is 70.5 Å². The quantitative estimate of drug-likeness (QED) is 0.163. The Kier molecular flexibility index (Phi) is 9.39. The first kappa shape index (κ1) is 34.0.